The van der Waals surface area contributed by atoms with E-state index in [2.05, 4.69) is 12.2 Å². The van der Waals surface area contributed by atoms with E-state index in [-0.39, 0.29) is 5.91 Å². The van der Waals surface area contributed by atoms with E-state index in [1.54, 1.807) is 0 Å². The number of amides is 1. The maximum Gasteiger partial charge on any atom is 0.255 e. The zero-order valence-corrected chi connectivity index (χ0v) is 14.2. The molecule has 3 nitrogen and oxygen atoms in total. The Morgan fingerprint density at radius 3 is 2.28 bits per heavy atom. The molecule has 0 heterocycles. The molecule has 0 saturated carbocycles. The highest BCUT2D eigenvalue weighted by Gasteiger charge is 2.08. The van der Waals surface area contributed by atoms with Crippen molar-refractivity contribution in [1.82, 2.24) is 0 Å². The molecule has 0 atom stereocenters. The smallest absolute Gasteiger partial charge is 0.255 e. The van der Waals surface area contributed by atoms with E-state index >= 15 is 0 Å². The molecule has 0 fully saturated rings. The maximum atomic E-state index is 12.4. The molecule has 1 N–H and O–H groups in total. The Morgan fingerprint density at radius 1 is 0.880 bits per heavy atom. The standard InChI is InChI=1S/C22H21NO2/c1-2-18-8-6-7-11-21(18)23-22(24)19-14-12-17(13-15-19)16-25-20-9-4-3-5-10-20/h3-15H,2,16H2,1H3,(H,23,24). The topological polar surface area (TPSA) is 38.3 Å². The van der Waals surface area contributed by atoms with Crippen LogP contribution in [-0.2, 0) is 13.0 Å². The normalized spacial score (nSPS) is 10.3. The molecule has 0 aliphatic heterocycles. The van der Waals surface area contributed by atoms with Crippen LogP contribution in [-0.4, -0.2) is 5.91 Å². The van der Waals surface area contributed by atoms with Crippen molar-refractivity contribution in [3.8, 4) is 5.75 Å². The zero-order chi connectivity index (χ0) is 17.5. The number of hydrogen-bond acceptors (Lipinski definition) is 2. The van der Waals surface area contributed by atoms with Crippen molar-refractivity contribution in [2.24, 2.45) is 0 Å². The molecule has 3 aromatic rings. The van der Waals surface area contributed by atoms with Gasteiger partial charge < -0.3 is 10.1 Å². The molecule has 126 valence electrons. The maximum absolute atomic E-state index is 12.4. The second kappa shape index (κ2) is 8.15. The van der Waals surface area contributed by atoms with Gasteiger partial charge in [-0.25, -0.2) is 0 Å². The van der Waals surface area contributed by atoms with E-state index in [0.717, 1.165) is 29.0 Å². The summed E-state index contributed by atoms with van der Waals surface area (Å²) in [6.07, 6.45) is 0.881. The Bertz CT molecular complexity index is 826. The molecule has 0 aromatic heterocycles. The predicted octanol–water partition coefficient (Wildman–Crippen LogP) is 5.08. The molecule has 0 aliphatic rings. The number of carbonyl (C=O) groups is 1. The van der Waals surface area contributed by atoms with Gasteiger partial charge in [-0.1, -0.05) is 55.5 Å². The van der Waals surface area contributed by atoms with Crippen LogP contribution in [0, 0.1) is 0 Å². The van der Waals surface area contributed by atoms with Crippen LogP contribution in [0.25, 0.3) is 0 Å². The molecule has 0 saturated heterocycles. The summed E-state index contributed by atoms with van der Waals surface area (Å²) in [6, 6.07) is 25.0. The summed E-state index contributed by atoms with van der Waals surface area (Å²) in [5.74, 6) is 0.733. The molecule has 0 aliphatic carbocycles. The van der Waals surface area contributed by atoms with Gasteiger partial charge in [-0.2, -0.15) is 0 Å². The van der Waals surface area contributed by atoms with Crippen LogP contribution >= 0.6 is 0 Å². The first-order chi connectivity index (χ1) is 12.3. The predicted molar refractivity (Wildman–Crippen MR) is 101 cm³/mol. The summed E-state index contributed by atoms with van der Waals surface area (Å²) in [6.45, 7) is 2.55. The summed E-state index contributed by atoms with van der Waals surface area (Å²) < 4.78 is 5.72. The minimum absolute atomic E-state index is 0.101. The lowest BCUT2D eigenvalue weighted by Gasteiger charge is -2.10. The first-order valence-corrected chi connectivity index (χ1v) is 8.42. The van der Waals surface area contributed by atoms with Crippen molar-refractivity contribution in [2.75, 3.05) is 5.32 Å². The number of anilines is 1. The molecule has 0 radical (unpaired) electrons. The quantitative estimate of drug-likeness (QED) is 0.684. The van der Waals surface area contributed by atoms with Gasteiger partial charge in [0.25, 0.3) is 5.91 Å². The lowest BCUT2D eigenvalue weighted by Crippen LogP contribution is -2.13. The third kappa shape index (κ3) is 4.48. The van der Waals surface area contributed by atoms with Crippen LogP contribution in [0.15, 0.2) is 78.9 Å². The van der Waals surface area contributed by atoms with Crippen molar-refractivity contribution in [3.63, 3.8) is 0 Å². The number of aryl methyl sites for hydroxylation is 1. The van der Waals surface area contributed by atoms with E-state index < -0.39 is 0 Å². The number of para-hydroxylation sites is 2. The van der Waals surface area contributed by atoms with Gasteiger partial charge in [0.1, 0.15) is 12.4 Å². The molecular weight excluding hydrogens is 310 g/mol. The van der Waals surface area contributed by atoms with Crippen molar-refractivity contribution < 1.29 is 9.53 Å². The first-order valence-electron chi connectivity index (χ1n) is 8.42. The zero-order valence-electron chi connectivity index (χ0n) is 14.2. The van der Waals surface area contributed by atoms with Crippen LogP contribution in [0.3, 0.4) is 0 Å². The summed E-state index contributed by atoms with van der Waals surface area (Å²) >= 11 is 0. The number of hydrogen-bond donors (Lipinski definition) is 1. The summed E-state index contributed by atoms with van der Waals surface area (Å²) in [5, 5.41) is 2.98. The van der Waals surface area contributed by atoms with Crippen molar-refractivity contribution in [2.45, 2.75) is 20.0 Å². The Labute approximate surface area is 148 Å². The SMILES string of the molecule is CCc1ccccc1NC(=O)c1ccc(COc2ccccc2)cc1. The average molecular weight is 331 g/mol. The van der Waals surface area contributed by atoms with Crippen molar-refractivity contribution in [1.29, 1.82) is 0 Å². The van der Waals surface area contributed by atoms with Gasteiger partial charge >= 0.3 is 0 Å². The highest BCUT2D eigenvalue weighted by atomic mass is 16.5. The first kappa shape index (κ1) is 16.8. The van der Waals surface area contributed by atoms with Crippen LogP contribution in [0.5, 0.6) is 5.75 Å². The molecule has 25 heavy (non-hydrogen) atoms. The Kier molecular flexibility index (Phi) is 5.47. The van der Waals surface area contributed by atoms with Gasteiger partial charge in [0.15, 0.2) is 0 Å². The van der Waals surface area contributed by atoms with Gasteiger partial charge in [0, 0.05) is 11.3 Å². The molecule has 3 aromatic carbocycles. The monoisotopic (exact) mass is 331 g/mol. The fraction of sp³-hybridized carbons (Fsp3) is 0.136. The summed E-state index contributed by atoms with van der Waals surface area (Å²) in [5.41, 5.74) is 3.65. The Balaban J connectivity index is 1.62. The van der Waals surface area contributed by atoms with Gasteiger partial charge in [-0.15, -0.1) is 0 Å². The van der Waals surface area contributed by atoms with E-state index in [4.69, 9.17) is 4.74 Å². The van der Waals surface area contributed by atoms with Crippen LogP contribution < -0.4 is 10.1 Å². The molecule has 3 heteroatoms. The van der Waals surface area contributed by atoms with Crippen LogP contribution in [0.1, 0.15) is 28.4 Å². The fourth-order valence-corrected chi connectivity index (χ4v) is 2.58. The summed E-state index contributed by atoms with van der Waals surface area (Å²) in [4.78, 5) is 12.4. The third-order valence-electron chi connectivity index (χ3n) is 4.01. The molecule has 3 rings (SSSR count). The highest BCUT2D eigenvalue weighted by molar-refractivity contribution is 6.04. The fourth-order valence-electron chi connectivity index (χ4n) is 2.58. The van der Waals surface area contributed by atoms with E-state index in [0.29, 0.717) is 12.2 Å². The van der Waals surface area contributed by atoms with Crippen LogP contribution in [0.2, 0.25) is 0 Å². The number of ether oxygens (including phenoxy) is 1. The van der Waals surface area contributed by atoms with Gasteiger partial charge in [0.2, 0.25) is 0 Å². The van der Waals surface area contributed by atoms with Gasteiger partial charge in [-0.05, 0) is 47.9 Å². The van der Waals surface area contributed by atoms with E-state index in [1.807, 2.05) is 78.9 Å². The minimum Gasteiger partial charge on any atom is -0.489 e. The second-order valence-electron chi connectivity index (χ2n) is 5.76. The third-order valence-corrected chi connectivity index (χ3v) is 4.01. The van der Waals surface area contributed by atoms with Gasteiger partial charge in [0.05, 0.1) is 0 Å². The molecule has 0 bridgehead atoms. The molecule has 0 spiro atoms. The molecule has 0 unspecified atom stereocenters. The minimum atomic E-state index is -0.101. The number of carbonyl (C=O) groups excluding carboxylic acids is 1. The van der Waals surface area contributed by atoms with Crippen molar-refractivity contribution >= 4 is 11.6 Å². The lowest BCUT2D eigenvalue weighted by atomic mass is 10.1. The largest absolute Gasteiger partial charge is 0.489 e. The van der Waals surface area contributed by atoms with Gasteiger partial charge in [-0.3, -0.25) is 4.79 Å². The highest BCUT2D eigenvalue weighted by Crippen LogP contribution is 2.17. The Morgan fingerprint density at radius 2 is 1.56 bits per heavy atom. The van der Waals surface area contributed by atoms with E-state index in [9.17, 15) is 4.79 Å². The number of nitrogens with one attached hydrogen (secondary N) is 1. The average Bonchev–Trinajstić information content (AvgIpc) is 2.68. The second-order valence-corrected chi connectivity index (χ2v) is 5.76. The molecular formula is C22H21NO2. The van der Waals surface area contributed by atoms with Crippen molar-refractivity contribution in [3.05, 3.63) is 95.6 Å². The lowest BCUT2D eigenvalue weighted by molar-refractivity contribution is 0.102. The van der Waals surface area contributed by atoms with Crippen LogP contribution in [0.4, 0.5) is 5.69 Å². The number of benzene rings is 3. The summed E-state index contributed by atoms with van der Waals surface area (Å²) in [7, 11) is 0. The van der Waals surface area contributed by atoms with E-state index in [1.165, 1.54) is 0 Å². The molecule has 1 amide bonds. The number of rotatable bonds is 6. The Hall–Kier alpha value is -3.07.